The van der Waals surface area contributed by atoms with Crippen molar-refractivity contribution < 1.29 is 21.9 Å². The zero-order valence-corrected chi connectivity index (χ0v) is 13.6. The van der Waals surface area contributed by atoms with Gasteiger partial charge in [-0.3, -0.25) is 0 Å². The largest absolute Gasteiger partial charge is 0.398 e. The fourth-order valence-corrected chi connectivity index (χ4v) is 4.21. The number of hydrogen-bond acceptors (Lipinski definition) is 6. The molecule has 0 amide bonds. The normalized spacial score (nSPS) is 12.8. The number of benzene rings is 1. The van der Waals surface area contributed by atoms with Gasteiger partial charge < -0.3 is 10.8 Å². The molecule has 9 heteroatoms. The first kappa shape index (κ1) is 17.9. The maximum absolute atomic E-state index is 12.6. The first-order chi connectivity index (χ1) is 9.64. The fourth-order valence-electron chi connectivity index (χ4n) is 1.82. The second-order valence-electron chi connectivity index (χ2n) is 4.60. The molecule has 0 saturated carbocycles. The molecule has 0 aliphatic rings. The van der Waals surface area contributed by atoms with Crippen LogP contribution in [0, 0.1) is 0 Å². The summed E-state index contributed by atoms with van der Waals surface area (Å²) in [5.41, 5.74) is 5.66. The van der Waals surface area contributed by atoms with Gasteiger partial charge in [-0.2, -0.15) is 4.31 Å². The van der Waals surface area contributed by atoms with Gasteiger partial charge in [0.05, 0.1) is 17.2 Å². The Kier molecular flexibility index (Phi) is 5.74. The minimum atomic E-state index is -3.95. The maximum Gasteiger partial charge on any atom is 0.245 e. The van der Waals surface area contributed by atoms with Crippen molar-refractivity contribution in [3.63, 3.8) is 0 Å². The lowest BCUT2D eigenvalue weighted by Crippen LogP contribution is -2.34. The molecule has 0 radical (unpaired) electrons. The number of hydrogen-bond donors (Lipinski definition) is 2. The van der Waals surface area contributed by atoms with Crippen molar-refractivity contribution in [2.75, 3.05) is 31.7 Å². The number of nitrogens with two attached hydrogens (primary N) is 1. The minimum absolute atomic E-state index is 0.0264. The van der Waals surface area contributed by atoms with E-state index in [0.717, 1.165) is 16.6 Å². The molecule has 0 spiro atoms. The van der Waals surface area contributed by atoms with Crippen molar-refractivity contribution in [3.05, 3.63) is 18.2 Å². The number of nitrogen functional groups attached to an aromatic ring is 1. The lowest BCUT2D eigenvalue weighted by atomic mass is 10.3. The molecule has 0 unspecified atom stereocenters. The Labute approximate surface area is 125 Å². The molecule has 120 valence electrons. The molecule has 7 nitrogen and oxygen atoms in total. The van der Waals surface area contributed by atoms with E-state index >= 15 is 0 Å². The number of aliphatic hydroxyl groups is 1. The third kappa shape index (κ3) is 4.16. The summed E-state index contributed by atoms with van der Waals surface area (Å²) >= 11 is 0. The van der Waals surface area contributed by atoms with E-state index < -0.39 is 19.9 Å². The third-order valence-corrected chi connectivity index (χ3v) is 5.92. The van der Waals surface area contributed by atoms with Gasteiger partial charge in [0, 0.05) is 19.3 Å². The van der Waals surface area contributed by atoms with Crippen LogP contribution < -0.4 is 5.73 Å². The molecule has 1 aromatic rings. The van der Waals surface area contributed by atoms with Gasteiger partial charge in [0.1, 0.15) is 4.90 Å². The SMILES string of the molecule is CCCN(CCO)S(=O)(=O)c1cc(S(C)(=O)=O)ccc1N. The molecule has 3 N–H and O–H groups in total. The molecule has 21 heavy (non-hydrogen) atoms. The standard InChI is InChI=1S/C12H20N2O5S2/c1-3-6-14(7-8-15)21(18,19)12-9-10(20(2,16)17)4-5-11(12)13/h4-5,9,15H,3,6-8,13H2,1-2H3. The summed E-state index contributed by atoms with van der Waals surface area (Å²) in [6, 6.07) is 3.58. The summed E-state index contributed by atoms with van der Waals surface area (Å²) in [7, 11) is -7.50. The van der Waals surface area contributed by atoms with Crippen LogP contribution in [0.5, 0.6) is 0 Å². The number of aliphatic hydroxyl groups excluding tert-OH is 1. The number of sulfonamides is 1. The van der Waals surface area contributed by atoms with Crippen LogP contribution in [0.2, 0.25) is 0 Å². The summed E-state index contributed by atoms with van der Waals surface area (Å²) < 4.78 is 49.3. The van der Waals surface area contributed by atoms with Crippen LogP contribution in [-0.2, 0) is 19.9 Å². The molecule has 0 aliphatic carbocycles. The highest BCUT2D eigenvalue weighted by atomic mass is 32.2. The molecule has 0 aliphatic heterocycles. The molecule has 0 saturated heterocycles. The Morgan fingerprint density at radius 3 is 2.29 bits per heavy atom. The zero-order chi connectivity index (χ0) is 16.3. The Bertz CT molecular complexity index is 692. The van der Waals surface area contributed by atoms with Crippen LogP contribution >= 0.6 is 0 Å². The van der Waals surface area contributed by atoms with Crippen LogP contribution in [-0.4, -0.2) is 52.2 Å². The van der Waals surface area contributed by atoms with Gasteiger partial charge in [-0.15, -0.1) is 0 Å². The van der Waals surface area contributed by atoms with Crippen molar-refractivity contribution in [1.82, 2.24) is 4.31 Å². The number of rotatable bonds is 7. The predicted molar refractivity (Wildman–Crippen MR) is 80.1 cm³/mol. The van der Waals surface area contributed by atoms with Gasteiger partial charge in [-0.25, -0.2) is 16.8 Å². The van der Waals surface area contributed by atoms with Crippen LogP contribution in [0.4, 0.5) is 5.69 Å². The van der Waals surface area contributed by atoms with Gasteiger partial charge in [0.2, 0.25) is 10.0 Å². The summed E-state index contributed by atoms with van der Waals surface area (Å²) in [6.45, 7) is 1.62. The average Bonchev–Trinajstić information content (AvgIpc) is 2.37. The maximum atomic E-state index is 12.6. The molecule has 0 atom stereocenters. The highest BCUT2D eigenvalue weighted by Gasteiger charge is 2.26. The van der Waals surface area contributed by atoms with Crippen molar-refractivity contribution >= 4 is 25.5 Å². The fraction of sp³-hybridized carbons (Fsp3) is 0.500. The van der Waals surface area contributed by atoms with E-state index in [0.29, 0.717) is 6.42 Å². The van der Waals surface area contributed by atoms with Crippen LogP contribution in [0.15, 0.2) is 28.0 Å². The lowest BCUT2D eigenvalue weighted by molar-refractivity contribution is 0.253. The first-order valence-corrected chi connectivity index (χ1v) is 9.68. The second kappa shape index (κ2) is 6.73. The summed E-state index contributed by atoms with van der Waals surface area (Å²) in [5, 5.41) is 8.99. The summed E-state index contributed by atoms with van der Waals surface area (Å²) in [5.74, 6) is 0. The van der Waals surface area contributed by atoms with Crippen LogP contribution in [0.3, 0.4) is 0 Å². The molecule has 0 fully saturated rings. The van der Waals surface area contributed by atoms with Gasteiger partial charge in [-0.05, 0) is 24.6 Å². The Balaban J connectivity index is 3.42. The number of anilines is 1. The molecule has 0 aromatic heterocycles. The smallest absolute Gasteiger partial charge is 0.245 e. The van der Waals surface area contributed by atoms with Crippen LogP contribution in [0.25, 0.3) is 0 Å². The van der Waals surface area contributed by atoms with E-state index in [9.17, 15) is 16.8 Å². The molecule has 0 bridgehead atoms. The summed E-state index contributed by atoms with van der Waals surface area (Å²) in [6.07, 6.45) is 1.55. The van der Waals surface area contributed by atoms with Crippen molar-refractivity contribution in [2.24, 2.45) is 0 Å². The molecular formula is C12H20N2O5S2. The van der Waals surface area contributed by atoms with E-state index in [4.69, 9.17) is 10.8 Å². The molecule has 0 heterocycles. The Hall–Kier alpha value is -1.16. The number of nitrogens with zero attached hydrogens (tertiary/aromatic N) is 1. The van der Waals surface area contributed by atoms with Crippen molar-refractivity contribution in [2.45, 2.75) is 23.1 Å². The first-order valence-electron chi connectivity index (χ1n) is 6.35. The van der Waals surface area contributed by atoms with E-state index in [1.807, 2.05) is 0 Å². The zero-order valence-electron chi connectivity index (χ0n) is 12.0. The Morgan fingerprint density at radius 1 is 1.19 bits per heavy atom. The van der Waals surface area contributed by atoms with Crippen molar-refractivity contribution in [3.8, 4) is 0 Å². The summed E-state index contributed by atoms with van der Waals surface area (Å²) in [4.78, 5) is -0.372. The van der Waals surface area contributed by atoms with Gasteiger partial charge >= 0.3 is 0 Å². The number of sulfone groups is 1. The monoisotopic (exact) mass is 336 g/mol. The Morgan fingerprint density at radius 2 is 1.81 bits per heavy atom. The quantitative estimate of drug-likeness (QED) is 0.680. The minimum Gasteiger partial charge on any atom is -0.398 e. The highest BCUT2D eigenvalue weighted by molar-refractivity contribution is 7.91. The molecule has 1 rings (SSSR count). The second-order valence-corrected chi connectivity index (χ2v) is 8.52. The molecule has 1 aromatic carbocycles. The highest BCUT2D eigenvalue weighted by Crippen LogP contribution is 2.25. The van der Waals surface area contributed by atoms with Crippen molar-refractivity contribution in [1.29, 1.82) is 0 Å². The van der Waals surface area contributed by atoms with E-state index in [2.05, 4.69) is 0 Å². The van der Waals surface area contributed by atoms with Gasteiger partial charge in [0.25, 0.3) is 0 Å². The third-order valence-electron chi connectivity index (χ3n) is 2.85. The topological polar surface area (TPSA) is 118 Å². The van der Waals surface area contributed by atoms with E-state index in [1.165, 1.54) is 12.1 Å². The average molecular weight is 336 g/mol. The predicted octanol–water partition coefficient (Wildman–Crippen LogP) is 0.0653. The van der Waals surface area contributed by atoms with Gasteiger partial charge in [0.15, 0.2) is 9.84 Å². The molecular weight excluding hydrogens is 316 g/mol. The lowest BCUT2D eigenvalue weighted by Gasteiger charge is -2.21. The van der Waals surface area contributed by atoms with E-state index in [1.54, 1.807) is 6.92 Å². The van der Waals surface area contributed by atoms with Gasteiger partial charge in [-0.1, -0.05) is 6.92 Å². The van der Waals surface area contributed by atoms with E-state index in [-0.39, 0.29) is 35.2 Å². The van der Waals surface area contributed by atoms with Crippen LogP contribution in [0.1, 0.15) is 13.3 Å².